The van der Waals surface area contributed by atoms with Crippen LogP contribution in [0.15, 0.2) is 0 Å². The zero-order valence-electron chi connectivity index (χ0n) is 11.1. The van der Waals surface area contributed by atoms with Crippen molar-refractivity contribution in [1.82, 2.24) is 4.90 Å². The minimum absolute atomic E-state index is 0.267. The van der Waals surface area contributed by atoms with Crippen molar-refractivity contribution in [3.63, 3.8) is 0 Å². The molecular weight excluding hydrogens is 214 g/mol. The number of nitrogens with zero attached hydrogens (tertiary/aromatic N) is 1. The Morgan fingerprint density at radius 1 is 1.35 bits per heavy atom. The molecule has 0 spiro atoms. The Balaban J connectivity index is 1.90. The van der Waals surface area contributed by atoms with Gasteiger partial charge in [-0.2, -0.15) is 0 Å². The highest BCUT2D eigenvalue weighted by Crippen LogP contribution is 2.50. The van der Waals surface area contributed by atoms with Crippen molar-refractivity contribution in [2.75, 3.05) is 0 Å². The standard InChI is InChI=1S/C14H23NO2/c1-4-9-12-10-7-5-6-8-11(10)17-14(2,3)15(12)13(9)16/h9-12H,4-8H2,1-3H3/t9-,10+,11-,12+/m0/s1. The highest BCUT2D eigenvalue weighted by atomic mass is 16.5. The summed E-state index contributed by atoms with van der Waals surface area (Å²) in [5.74, 6) is 1.18. The first-order valence-corrected chi connectivity index (χ1v) is 7.07. The molecule has 2 aliphatic heterocycles. The van der Waals surface area contributed by atoms with Crippen LogP contribution in [0.25, 0.3) is 0 Å². The zero-order valence-corrected chi connectivity index (χ0v) is 11.1. The molecule has 17 heavy (non-hydrogen) atoms. The van der Waals surface area contributed by atoms with E-state index in [4.69, 9.17) is 4.74 Å². The van der Waals surface area contributed by atoms with Crippen LogP contribution in [0.3, 0.4) is 0 Å². The van der Waals surface area contributed by atoms with E-state index < -0.39 is 0 Å². The Hall–Kier alpha value is -0.570. The van der Waals surface area contributed by atoms with Crippen LogP contribution in [-0.2, 0) is 9.53 Å². The summed E-state index contributed by atoms with van der Waals surface area (Å²) in [5, 5.41) is 0. The lowest BCUT2D eigenvalue weighted by Crippen LogP contribution is -2.76. The van der Waals surface area contributed by atoms with Crippen LogP contribution in [0.5, 0.6) is 0 Å². The molecule has 1 saturated carbocycles. The second-order valence-corrected chi connectivity index (χ2v) is 6.26. The quantitative estimate of drug-likeness (QED) is 0.656. The van der Waals surface area contributed by atoms with Crippen molar-refractivity contribution in [2.24, 2.45) is 11.8 Å². The van der Waals surface area contributed by atoms with Gasteiger partial charge in [0.25, 0.3) is 0 Å². The van der Waals surface area contributed by atoms with Gasteiger partial charge in [-0.25, -0.2) is 0 Å². The Bertz CT molecular complexity index is 339. The molecule has 0 aromatic heterocycles. The molecule has 0 aromatic rings. The molecule has 3 rings (SSSR count). The lowest BCUT2D eigenvalue weighted by atomic mass is 9.68. The largest absolute Gasteiger partial charge is 0.353 e. The summed E-state index contributed by atoms with van der Waals surface area (Å²) >= 11 is 0. The number of ether oxygens (including phenoxy) is 1. The third-order valence-electron chi connectivity index (χ3n) is 4.92. The Morgan fingerprint density at radius 2 is 2.06 bits per heavy atom. The molecule has 0 radical (unpaired) electrons. The van der Waals surface area contributed by atoms with Crippen LogP contribution >= 0.6 is 0 Å². The lowest BCUT2D eigenvalue weighted by molar-refractivity contribution is -0.280. The number of amides is 1. The van der Waals surface area contributed by atoms with Gasteiger partial charge in [-0.3, -0.25) is 4.79 Å². The summed E-state index contributed by atoms with van der Waals surface area (Å²) in [5.41, 5.74) is -0.383. The predicted molar refractivity (Wildman–Crippen MR) is 65.3 cm³/mol. The monoisotopic (exact) mass is 237 g/mol. The maximum absolute atomic E-state index is 12.2. The molecule has 3 aliphatic rings. The van der Waals surface area contributed by atoms with Crippen molar-refractivity contribution in [3.8, 4) is 0 Å². The molecule has 3 nitrogen and oxygen atoms in total. The van der Waals surface area contributed by atoms with Crippen molar-refractivity contribution in [3.05, 3.63) is 0 Å². The second-order valence-electron chi connectivity index (χ2n) is 6.26. The maximum atomic E-state index is 12.2. The van der Waals surface area contributed by atoms with Gasteiger partial charge in [-0.15, -0.1) is 0 Å². The van der Waals surface area contributed by atoms with Gasteiger partial charge in [0, 0.05) is 5.92 Å². The van der Waals surface area contributed by atoms with Crippen LogP contribution in [-0.4, -0.2) is 28.7 Å². The summed E-state index contributed by atoms with van der Waals surface area (Å²) in [4.78, 5) is 14.2. The molecule has 1 amide bonds. The van der Waals surface area contributed by atoms with Gasteiger partial charge in [-0.1, -0.05) is 19.8 Å². The topological polar surface area (TPSA) is 29.5 Å². The van der Waals surface area contributed by atoms with E-state index in [9.17, 15) is 4.79 Å². The molecule has 3 fully saturated rings. The minimum atomic E-state index is -0.383. The number of hydrogen-bond acceptors (Lipinski definition) is 2. The van der Waals surface area contributed by atoms with E-state index in [1.807, 2.05) is 4.90 Å². The second kappa shape index (κ2) is 3.71. The van der Waals surface area contributed by atoms with Crippen LogP contribution < -0.4 is 0 Å². The SMILES string of the molecule is CC[C@@H]1C(=O)N2[C@H]1[C@@H]1CCCC[C@@H]1OC2(C)C. The first kappa shape index (κ1) is 11.5. The molecule has 0 unspecified atom stereocenters. The average molecular weight is 237 g/mol. The summed E-state index contributed by atoms with van der Waals surface area (Å²) in [7, 11) is 0. The van der Waals surface area contributed by atoms with E-state index in [1.54, 1.807) is 0 Å². The van der Waals surface area contributed by atoms with E-state index >= 15 is 0 Å². The normalized spacial score (nSPS) is 43.7. The van der Waals surface area contributed by atoms with Gasteiger partial charge in [0.1, 0.15) is 5.72 Å². The number of carbonyl (C=O) groups is 1. The van der Waals surface area contributed by atoms with Crippen LogP contribution in [0, 0.1) is 11.8 Å². The summed E-state index contributed by atoms with van der Waals surface area (Å²) in [6.45, 7) is 6.24. The third-order valence-corrected chi connectivity index (χ3v) is 4.92. The Morgan fingerprint density at radius 3 is 2.76 bits per heavy atom. The Kier molecular flexibility index (Phi) is 2.51. The van der Waals surface area contributed by atoms with Crippen molar-refractivity contribution in [1.29, 1.82) is 0 Å². The van der Waals surface area contributed by atoms with Gasteiger partial charge < -0.3 is 9.64 Å². The Labute approximate surface area is 104 Å². The fraction of sp³-hybridized carbons (Fsp3) is 0.929. The van der Waals surface area contributed by atoms with Gasteiger partial charge >= 0.3 is 0 Å². The molecule has 3 heteroatoms. The maximum Gasteiger partial charge on any atom is 0.230 e. The van der Waals surface area contributed by atoms with Crippen molar-refractivity contribution in [2.45, 2.75) is 70.7 Å². The van der Waals surface area contributed by atoms with Crippen molar-refractivity contribution >= 4 is 5.91 Å². The lowest BCUT2D eigenvalue weighted by Gasteiger charge is -2.63. The summed E-state index contributed by atoms with van der Waals surface area (Å²) < 4.78 is 6.18. The number of fused-ring (bicyclic) bond motifs is 3. The first-order valence-electron chi connectivity index (χ1n) is 7.07. The number of carbonyl (C=O) groups excluding carboxylic acids is 1. The summed E-state index contributed by atoms with van der Waals surface area (Å²) in [6, 6.07) is 0.460. The van der Waals surface area contributed by atoms with E-state index in [0.717, 1.165) is 6.42 Å². The van der Waals surface area contributed by atoms with Crippen LogP contribution in [0.4, 0.5) is 0 Å². The van der Waals surface area contributed by atoms with Gasteiger partial charge in [0.15, 0.2) is 0 Å². The molecule has 96 valence electrons. The molecular formula is C14H23NO2. The van der Waals surface area contributed by atoms with E-state index in [1.165, 1.54) is 25.7 Å². The fourth-order valence-electron chi connectivity index (χ4n) is 4.19. The first-order chi connectivity index (χ1) is 8.06. The van der Waals surface area contributed by atoms with E-state index in [2.05, 4.69) is 20.8 Å². The highest BCUT2D eigenvalue weighted by Gasteiger charge is 2.60. The molecule has 4 atom stereocenters. The number of hydrogen-bond donors (Lipinski definition) is 0. The van der Waals surface area contributed by atoms with Gasteiger partial charge in [0.05, 0.1) is 18.1 Å². The molecule has 2 heterocycles. The smallest absolute Gasteiger partial charge is 0.230 e. The molecule has 2 saturated heterocycles. The van der Waals surface area contributed by atoms with E-state index in [0.29, 0.717) is 24.0 Å². The van der Waals surface area contributed by atoms with Crippen LogP contribution in [0.1, 0.15) is 52.9 Å². The molecule has 1 aliphatic carbocycles. The van der Waals surface area contributed by atoms with Gasteiger partial charge in [-0.05, 0) is 33.1 Å². The zero-order chi connectivity index (χ0) is 12.2. The average Bonchev–Trinajstić information content (AvgIpc) is 2.26. The minimum Gasteiger partial charge on any atom is -0.353 e. The molecule has 0 N–H and O–H groups in total. The van der Waals surface area contributed by atoms with Crippen LogP contribution in [0.2, 0.25) is 0 Å². The fourth-order valence-corrected chi connectivity index (χ4v) is 4.19. The number of β-lactam (4-membered cyclic amide) rings is 1. The molecule has 0 bridgehead atoms. The summed E-state index contributed by atoms with van der Waals surface area (Å²) in [6.07, 6.45) is 6.39. The van der Waals surface area contributed by atoms with Gasteiger partial charge in [0.2, 0.25) is 5.91 Å². The third kappa shape index (κ3) is 1.48. The highest BCUT2D eigenvalue weighted by molar-refractivity contribution is 5.87. The van der Waals surface area contributed by atoms with E-state index in [-0.39, 0.29) is 11.6 Å². The predicted octanol–water partition coefficient (Wildman–Crippen LogP) is 2.55. The number of rotatable bonds is 1. The molecule has 0 aromatic carbocycles. The van der Waals surface area contributed by atoms with Crippen molar-refractivity contribution < 1.29 is 9.53 Å².